The molecule has 10 heteroatoms. The smallest absolute Gasteiger partial charge is 0.324 e. The van der Waals surface area contributed by atoms with E-state index in [4.69, 9.17) is 19.6 Å². The molecular formula is C9H20NO7P2+. The van der Waals surface area contributed by atoms with Gasteiger partial charge in [0.2, 0.25) is 0 Å². The van der Waals surface area contributed by atoms with Gasteiger partial charge in [0.1, 0.15) is 0 Å². The van der Waals surface area contributed by atoms with Crippen molar-refractivity contribution in [1.29, 1.82) is 0 Å². The molecule has 0 aromatic rings. The van der Waals surface area contributed by atoms with Crippen LogP contribution in [0.1, 0.15) is 19.3 Å². The van der Waals surface area contributed by atoms with Crippen molar-refractivity contribution in [2.75, 3.05) is 20.6 Å². The third-order valence-electron chi connectivity index (χ3n) is 3.56. The third kappa shape index (κ3) is 4.46. The largest absolute Gasteiger partial charge is 0.340 e. The van der Waals surface area contributed by atoms with Gasteiger partial charge in [-0.15, -0.1) is 0 Å². The van der Waals surface area contributed by atoms with Crippen LogP contribution in [0.15, 0.2) is 0 Å². The topological polar surface area (TPSA) is 132 Å². The molecule has 1 saturated heterocycles. The Morgan fingerprint density at radius 3 is 2.05 bits per heavy atom. The predicted molar refractivity (Wildman–Crippen MR) is 67.2 cm³/mol. The highest BCUT2D eigenvalue weighted by Gasteiger charge is 2.46. The lowest BCUT2D eigenvalue weighted by Gasteiger charge is -2.35. The van der Waals surface area contributed by atoms with Crippen molar-refractivity contribution in [3.8, 4) is 0 Å². The zero-order valence-electron chi connectivity index (χ0n) is 10.8. The van der Waals surface area contributed by atoms with Crippen molar-refractivity contribution in [2.24, 2.45) is 5.92 Å². The molecule has 1 amide bonds. The van der Waals surface area contributed by atoms with Crippen LogP contribution in [0.2, 0.25) is 0 Å². The Bertz CT molecular complexity index is 429. The fraction of sp³-hybridized carbons (Fsp3) is 0.889. The number of piperidine rings is 1. The number of amides is 1. The van der Waals surface area contributed by atoms with Crippen molar-refractivity contribution in [2.45, 2.75) is 24.7 Å². The van der Waals surface area contributed by atoms with Gasteiger partial charge in [0.15, 0.2) is 5.40 Å². The molecule has 1 fully saturated rings. The Labute approximate surface area is 111 Å². The van der Waals surface area contributed by atoms with E-state index in [9.17, 15) is 13.9 Å². The number of carbonyl (C=O) groups is 1. The van der Waals surface area contributed by atoms with Gasteiger partial charge in [0, 0.05) is 6.42 Å². The average molecular weight is 316 g/mol. The minimum atomic E-state index is -4.90. The molecule has 1 aliphatic heterocycles. The number of rotatable bonds is 4. The van der Waals surface area contributed by atoms with Gasteiger partial charge in [0.05, 0.1) is 27.1 Å². The first-order valence-corrected chi connectivity index (χ1v) is 9.17. The first kappa shape index (κ1) is 17.0. The van der Waals surface area contributed by atoms with Crippen LogP contribution in [0.25, 0.3) is 0 Å². The number of hydrogen-bond acceptors (Lipinski definition) is 3. The van der Waals surface area contributed by atoms with E-state index in [0.29, 0.717) is 13.0 Å². The number of carbonyl (C=O) groups excluding carboxylic acids is 1. The normalized spacial score (nSPS) is 24.8. The maximum absolute atomic E-state index is 11.8. The van der Waals surface area contributed by atoms with Gasteiger partial charge in [-0.05, 0) is 12.3 Å². The highest BCUT2D eigenvalue weighted by Crippen LogP contribution is 2.62. The Morgan fingerprint density at radius 1 is 1.21 bits per heavy atom. The van der Waals surface area contributed by atoms with Crippen molar-refractivity contribution in [3.63, 3.8) is 0 Å². The molecule has 1 aliphatic rings. The van der Waals surface area contributed by atoms with Crippen LogP contribution in [0.3, 0.4) is 0 Å². The van der Waals surface area contributed by atoms with Gasteiger partial charge in [0.25, 0.3) is 0 Å². The lowest BCUT2D eigenvalue weighted by molar-refractivity contribution is -0.818. The van der Waals surface area contributed by atoms with E-state index >= 15 is 0 Å². The summed E-state index contributed by atoms with van der Waals surface area (Å²) in [6.45, 7) is 0.499. The van der Waals surface area contributed by atoms with Crippen LogP contribution in [0, 0.1) is 5.92 Å². The van der Waals surface area contributed by atoms with Gasteiger partial charge in [-0.3, -0.25) is 13.6 Å². The van der Waals surface area contributed by atoms with E-state index < -0.39 is 26.5 Å². The summed E-state index contributed by atoms with van der Waals surface area (Å²) in [5.41, 5.74) is 0. The van der Waals surface area contributed by atoms with Crippen molar-refractivity contribution < 1.29 is 38.0 Å². The standard InChI is InChI=1S/C9H19NO7P2/c1-10(2)4-3-7(5-8(10)11)6-9(18(12,13)14)19(15,16)17/h7,9H,3-6H2,1-2H3,(H3-,12,13,14,15,16,17)/p+1. The highest BCUT2D eigenvalue weighted by molar-refractivity contribution is 7.70. The van der Waals surface area contributed by atoms with E-state index in [1.54, 1.807) is 14.1 Å². The molecule has 112 valence electrons. The summed E-state index contributed by atoms with van der Waals surface area (Å²) in [6.07, 6.45) is 0.263. The summed E-state index contributed by atoms with van der Waals surface area (Å²) >= 11 is 0. The summed E-state index contributed by atoms with van der Waals surface area (Å²) in [5, 5.41) is -2.01. The molecule has 1 unspecified atom stereocenters. The minimum absolute atomic E-state index is 0.0868. The van der Waals surface area contributed by atoms with E-state index in [2.05, 4.69) is 0 Å². The lowest BCUT2D eigenvalue weighted by Crippen LogP contribution is -2.50. The molecule has 0 bridgehead atoms. The molecule has 0 aliphatic carbocycles. The maximum atomic E-state index is 11.8. The molecule has 8 nitrogen and oxygen atoms in total. The predicted octanol–water partition coefficient (Wildman–Crippen LogP) is 0.0710. The molecule has 19 heavy (non-hydrogen) atoms. The van der Waals surface area contributed by atoms with Crippen LogP contribution in [-0.2, 0) is 13.9 Å². The lowest BCUT2D eigenvalue weighted by atomic mass is 9.93. The van der Waals surface area contributed by atoms with E-state index in [1.807, 2.05) is 0 Å². The van der Waals surface area contributed by atoms with Gasteiger partial charge in [-0.2, -0.15) is 0 Å². The minimum Gasteiger partial charge on any atom is -0.324 e. The molecule has 1 atom stereocenters. The second-order valence-corrected chi connectivity index (χ2v) is 9.57. The molecule has 0 spiro atoms. The van der Waals surface area contributed by atoms with Gasteiger partial charge in [-0.25, -0.2) is 4.79 Å². The molecule has 1 rings (SSSR count). The average Bonchev–Trinajstić information content (AvgIpc) is 2.16. The van der Waals surface area contributed by atoms with Gasteiger partial charge < -0.3 is 19.6 Å². The van der Waals surface area contributed by atoms with Crippen molar-refractivity contribution in [3.05, 3.63) is 0 Å². The Balaban J connectivity index is 2.81. The number of hydrogen-bond donors (Lipinski definition) is 4. The van der Waals surface area contributed by atoms with Crippen LogP contribution in [0.5, 0.6) is 0 Å². The number of quaternary nitrogens is 1. The zero-order valence-corrected chi connectivity index (χ0v) is 12.6. The number of likely N-dealkylation sites (tertiary alicyclic amines) is 1. The van der Waals surface area contributed by atoms with E-state index in [1.165, 1.54) is 0 Å². The Hall–Kier alpha value is -0.0700. The highest BCUT2D eigenvalue weighted by atomic mass is 31.2. The number of nitrogens with zero attached hydrogens (tertiary/aromatic N) is 1. The first-order chi connectivity index (χ1) is 8.34. The molecule has 4 N–H and O–H groups in total. The quantitative estimate of drug-likeness (QED) is 0.426. The summed E-state index contributed by atoms with van der Waals surface area (Å²) in [5.74, 6) is -0.490. The third-order valence-corrected chi connectivity index (χ3v) is 7.34. The van der Waals surface area contributed by atoms with Crippen molar-refractivity contribution in [1.82, 2.24) is 0 Å². The van der Waals surface area contributed by atoms with Gasteiger partial charge in [-0.1, -0.05) is 0 Å². The van der Waals surface area contributed by atoms with E-state index in [-0.39, 0.29) is 23.2 Å². The SMILES string of the molecule is C[N+]1(C)CCC(CC(P(=O)(O)O)P(=O)(O)O)CC1=O. The fourth-order valence-electron chi connectivity index (χ4n) is 2.20. The molecule has 0 radical (unpaired) electrons. The van der Waals surface area contributed by atoms with Crippen LogP contribution in [-0.4, -0.2) is 56.0 Å². The maximum Gasteiger partial charge on any atom is 0.340 e. The van der Waals surface area contributed by atoms with Crippen LogP contribution < -0.4 is 0 Å². The van der Waals surface area contributed by atoms with E-state index in [0.717, 1.165) is 0 Å². The summed E-state index contributed by atoms with van der Waals surface area (Å²) in [4.78, 5) is 48.0. The second kappa shape index (κ2) is 5.37. The van der Waals surface area contributed by atoms with Crippen molar-refractivity contribution >= 4 is 21.1 Å². The molecular weight excluding hydrogens is 296 g/mol. The fourth-order valence-corrected chi connectivity index (χ4v) is 4.91. The van der Waals surface area contributed by atoms with Gasteiger partial charge >= 0.3 is 21.1 Å². The van der Waals surface area contributed by atoms with Crippen LogP contribution in [0.4, 0.5) is 0 Å². The zero-order chi connectivity index (χ0) is 15.1. The molecule has 0 aromatic carbocycles. The molecule has 0 saturated carbocycles. The van der Waals surface area contributed by atoms with Crippen LogP contribution >= 0.6 is 15.2 Å². The summed E-state index contributed by atoms with van der Waals surface area (Å²) < 4.78 is 22.5. The Morgan fingerprint density at radius 2 is 1.68 bits per heavy atom. The Kier molecular flexibility index (Phi) is 4.80. The summed E-state index contributed by atoms with van der Waals surface area (Å²) in [7, 11) is -6.31. The summed E-state index contributed by atoms with van der Waals surface area (Å²) in [6, 6.07) is 0. The second-order valence-electron chi connectivity index (χ2n) is 5.56. The molecule has 1 heterocycles. The monoisotopic (exact) mass is 316 g/mol. The molecule has 0 aromatic heterocycles. The first-order valence-electron chi connectivity index (χ1n) is 5.81.